The third kappa shape index (κ3) is 4.14. The van der Waals surface area contributed by atoms with Crippen LogP contribution in [0.1, 0.15) is 39.2 Å². The van der Waals surface area contributed by atoms with E-state index < -0.39 is 0 Å². The van der Waals surface area contributed by atoms with Crippen LogP contribution in [0.3, 0.4) is 0 Å². The zero-order valence-electron chi connectivity index (χ0n) is 13.7. The highest BCUT2D eigenvalue weighted by molar-refractivity contribution is 7.08. The SMILES string of the molecule is CC(NC(=O)c1ccccc1NC(=O)c1ccsc1)c1ccccc1. The molecular weight excluding hydrogens is 332 g/mol. The van der Waals surface area contributed by atoms with Gasteiger partial charge in [0.15, 0.2) is 0 Å². The Morgan fingerprint density at radius 3 is 2.36 bits per heavy atom. The Kier molecular flexibility index (Phi) is 5.26. The lowest BCUT2D eigenvalue weighted by Gasteiger charge is -2.16. The number of carbonyl (C=O) groups is 2. The smallest absolute Gasteiger partial charge is 0.256 e. The molecule has 0 aliphatic heterocycles. The van der Waals surface area contributed by atoms with Crippen molar-refractivity contribution >= 4 is 28.8 Å². The van der Waals surface area contributed by atoms with Crippen molar-refractivity contribution in [2.24, 2.45) is 0 Å². The maximum atomic E-state index is 12.7. The van der Waals surface area contributed by atoms with Crippen LogP contribution in [0.25, 0.3) is 0 Å². The molecule has 0 saturated heterocycles. The second-order valence-corrected chi connectivity index (χ2v) is 6.40. The van der Waals surface area contributed by atoms with E-state index in [1.807, 2.05) is 42.6 Å². The zero-order chi connectivity index (χ0) is 17.6. The van der Waals surface area contributed by atoms with Gasteiger partial charge in [-0.15, -0.1) is 0 Å². The van der Waals surface area contributed by atoms with Crippen molar-refractivity contribution in [3.63, 3.8) is 0 Å². The van der Waals surface area contributed by atoms with E-state index in [-0.39, 0.29) is 17.9 Å². The average molecular weight is 350 g/mol. The maximum absolute atomic E-state index is 12.7. The van der Waals surface area contributed by atoms with Crippen LogP contribution >= 0.6 is 11.3 Å². The first-order valence-electron chi connectivity index (χ1n) is 7.93. The molecule has 5 heteroatoms. The summed E-state index contributed by atoms with van der Waals surface area (Å²) in [5, 5.41) is 9.40. The molecule has 2 amide bonds. The summed E-state index contributed by atoms with van der Waals surface area (Å²) < 4.78 is 0. The summed E-state index contributed by atoms with van der Waals surface area (Å²) in [6.45, 7) is 1.93. The molecule has 1 aromatic heterocycles. The molecule has 0 aliphatic carbocycles. The van der Waals surface area contributed by atoms with Crippen molar-refractivity contribution in [1.29, 1.82) is 0 Å². The van der Waals surface area contributed by atoms with E-state index in [9.17, 15) is 9.59 Å². The van der Waals surface area contributed by atoms with Crippen LogP contribution in [-0.2, 0) is 0 Å². The average Bonchev–Trinajstić information content (AvgIpc) is 3.17. The summed E-state index contributed by atoms with van der Waals surface area (Å²) in [5.74, 6) is -0.449. The molecule has 2 aromatic carbocycles. The fourth-order valence-electron chi connectivity index (χ4n) is 2.48. The lowest BCUT2D eigenvalue weighted by Crippen LogP contribution is -2.27. The first-order valence-corrected chi connectivity index (χ1v) is 8.88. The molecule has 1 unspecified atom stereocenters. The Morgan fingerprint density at radius 2 is 1.64 bits per heavy atom. The van der Waals surface area contributed by atoms with Gasteiger partial charge in [-0.1, -0.05) is 42.5 Å². The summed E-state index contributed by atoms with van der Waals surface area (Å²) in [6.07, 6.45) is 0. The number of para-hydroxylation sites is 1. The molecule has 0 saturated carbocycles. The van der Waals surface area contributed by atoms with Crippen molar-refractivity contribution in [3.05, 3.63) is 88.1 Å². The van der Waals surface area contributed by atoms with Gasteiger partial charge in [0.1, 0.15) is 0 Å². The normalized spacial score (nSPS) is 11.6. The van der Waals surface area contributed by atoms with Gasteiger partial charge >= 0.3 is 0 Å². The van der Waals surface area contributed by atoms with Crippen molar-refractivity contribution in [3.8, 4) is 0 Å². The molecule has 126 valence electrons. The summed E-state index contributed by atoms with van der Waals surface area (Å²) in [4.78, 5) is 24.9. The topological polar surface area (TPSA) is 58.2 Å². The molecular formula is C20H18N2O2S. The van der Waals surface area contributed by atoms with Gasteiger partial charge in [0.05, 0.1) is 22.9 Å². The van der Waals surface area contributed by atoms with Gasteiger partial charge in [-0.2, -0.15) is 11.3 Å². The molecule has 3 rings (SSSR count). The number of amides is 2. The Bertz CT molecular complexity index is 860. The predicted octanol–water partition coefficient (Wildman–Crippen LogP) is 4.49. The molecule has 3 aromatic rings. The van der Waals surface area contributed by atoms with Gasteiger partial charge in [0, 0.05) is 5.38 Å². The molecule has 0 radical (unpaired) electrons. The Morgan fingerprint density at radius 1 is 0.920 bits per heavy atom. The Balaban J connectivity index is 1.76. The number of thiophene rings is 1. The quantitative estimate of drug-likeness (QED) is 0.712. The minimum Gasteiger partial charge on any atom is -0.345 e. The van der Waals surface area contributed by atoms with Crippen molar-refractivity contribution in [2.75, 3.05) is 5.32 Å². The van der Waals surface area contributed by atoms with Crippen LogP contribution in [0.5, 0.6) is 0 Å². The molecule has 0 bridgehead atoms. The van der Waals surface area contributed by atoms with E-state index in [1.54, 1.807) is 35.7 Å². The zero-order valence-corrected chi connectivity index (χ0v) is 14.5. The number of benzene rings is 2. The molecule has 25 heavy (non-hydrogen) atoms. The van der Waals surface area contributed by atoms with Crippen LogP contribution in [-0.4, -0.2) is 11.8 Å². The minimum atomic E-state index is -0.224. The third-order valence-electron chi connectivity index (χ3n) is 3.85. The van der Waals surface area contributed by atoms with Crippen LogP contribution in [0.4, 0.5) is 5.69 Å². The highest BCUT2D eigenvalue weighted by Crippen LogP contribution is 2.19. The number of rotatable bonds is 5. The van der Waals surface area contributed by atoms with E-state index in [0.717, 1.165) is 5.56 Å². The van der Waals surface area contributed by atoms with Gasteiger partial charge in [0.2, 0.25) is 0 Å². The standard InChI is InChI=1S/C20H18N2O2S/c1-14(15-7-3-2-4-8-15)21-20(24)17-9-5-6-10-18(17)22-19(23)16-11-12-25-13-16/h2-14H,1H3,(H,21,24)(H,22,23). The summed E-state index contributed by atoms with van der Waals surface area (Å²) in [6, 6.07) is 18.4. The largest absolute Gasteiger partial charge is 0.345 e. The Labute approximate surface area is 150 Å². The van der Waals surface area contributed by atoms with Crippen molar-refractivity contribution in [2.45, 2.75) is 13.0 Å². The second kappa shape index (κ2) is 7.77. The van der Waals surface area contributed by atoms with Gasteiger partial charge < -0.3 is 10.6 Å². The summed E-state index contributed by atoms with van der Waals surface area (Å²) in [5.41, 5.74) is 2.54. The van der Waals surface area contributed by atoms with Crippen molar-refractivity contribution in [1.82, 2.24) is 5.32 Å². The molecule has 2 N–H and O–H groups in total. The monoisotopic (exact) mass is 350 g/mol. The third-order valence-corrected chi connectivity index (χ3v) is 4.53. The first-order chi connectivity index (χ1) is 12.1. The molecule has 1 atom stereocenters. The number of anilines is 1. The minimum absolute atomic E-state index is 0.130. The summed E-state index contributed by atoms with van der Waals surface area (Å²) in [7, 11) is 0. The second-order valence-electron chi connectivity index (χ2n) is 5.62. The lowest BCUT2D eigenvalue weighted by atomic mass is 10.1. The van der Waals surface area contributed by atoms with Crippen LogP contribution < -0.4 is 10.6 Å². The van der Waals surface area contributed by atoms with E-state index >= 15 is 0 Å². The lowest BCUT2D eigenvalue weighted by molar-refractivity contribution is 0.0941. The fourth-order valence-corrected chi connectivity index (χ4v) is 3.11. The van der Waals surface area contributed by atoms with E-state index in [2.05, 4.69) is 10.6 Å². The predicted molar refractivity (Wildman–Crippen MR) is 101 cm³/mol. The molecule has 0 fully saturated rings. The maximum Gasteiger partial charge on any atom is 0.256 e. The van der Waals surface area contributed by atoms with Crippen LogP contribution in [0.15, 0.2) is 71.4 Å². The van der Waals surface area contributed by atoms with Gasteiger partial charge in [-0.3, -0.25) is 9.59 Å². The highest BCUT2D eigenvalue weighted by Gasteiger charge is 2.16. The first kappa shape index (κ1) is 16.9. The fraction of sp³-hybridized carbons (Fsp3) is 0.100. The van der Waals surface area contributed by atoms with Gasteiger partial charge in [0.25, 0.3) is 11.8 Å². The van der Waals surface area contributed by atoms with E-state index in [4.69, 9.17) is 0 Å². The number of hydrogen-bond acceptors (Lipinski definition) is 3. The molecule has 1 heterocycles. The molecule has 0 aliphatic rings. The van der Waals surface area contributed by atoms with Gasteiger partial charge in [-0.25, -0.2) is 0 Å². The van der Waals surface area contributed by atoms with Crippen LogP contribution in [0.2, 0.25) is 0 Å². The number of carbonyl (C=O) groups excluding carboxylic acids is 2. The van der Waals surface area contributed by atoms with E-state index in [1.165, 1.54) is 11.3 Å². The van der Waals surface area contributed by atoms with Crippen LogP contribution in [0, 0.1) is 0 Å². The molecule has 0 spiro atoms. The van der Waals surface area contributed by atoms with E-state index in [0.29, 0.717) is 16.8 Å². The Hall–Kier alpha value is -2.92. The van der Waals surface area contributed by atoms with Crippen molar-refractivity contribution < 1.29 is 9.59 Å². The number of nitrogens with one attached hydrogen (secondary N) is 2. The highest BCUT2D eigenvalue weighted by atomic mass is 32.1. The summed E-state index contributed by atoms with van der Waals surface area (Å²) >= 11 is 1.45. The molecule has 4 nitrogen and oxygen atoms in total. The number of hydrogen-bond donors (Lipinski definition) is 2. The van der Waals surface area contributed by atoms with Gasteiger partial charge in [-0.05, 0) is 36.1 Å².